The molecular formula is C32H40N6O6. The van der Waals surface area contributed by atoms with Crippen molar-refractivity contribution in [3.05, 3.63) is 61.1 Å². The predicted molar refractivity (Wildman–Crippen MR) is 167 cm³/mol. The van der Waals surface area contributed by atoms with Crippen LogP contribution in [0.25, 0.3) is 16.9 Å². The first-order chi connectivity index (χ1) is 21.1. The number of nitrogens with one attached hydrogen (secondary N) is 1. The molecule has 4 aromatic rings. The lowest BCUT2D eigenvalue weighted by Crippen LogP contribution is -2.33. The molecule has 0 atom stereocenters. The zero-order valence-corrected chi connectivity index (χ0v) is 25.9. The summed E-state index contributed by atoms with van der Waals surface area (Å²) in [5.41, 5.74) is 2.59. The second-order valence-electron chi connectivity index (χ2n) is 10.9. The lowest BCUT2D eigenvalue weighted by molar-refractivity contribution is -0.143. The fourth-order valence-corrected chi connectivity index (χ4v) is 4.14. The summed E-state index contributed by atoms with van der Waals surface area (Å²) in [6.45, 7) is 9.00. The van der Waals surface area contributed by atoms with Crippen LogP contribution in [-0.4, -0.2) is 70.6 Å². The molecule has 0 unspecified atom stereocenters. The Morgan fingerprint density at radius 2 is 1.59 bits per heavy atom. The van der Waals surface area contributed by atoms with Gasteiger partial charge in [-0.15, -0.1) is 0 Å². The Morgan fingerprint density at radius 1 is 0.932 bits per heavy atom. The molecular weight excluding hydrogens is 564 g/mol. The van der Waals surface area contributed by atoms with Crippen molar-refractivity contribution in [2.45, 2.75) is 52.6 Å². The molecule has 44 heavy (non-hydrogen) atoms. The third-order valence-electron chi connectivity index (χ3n) is 6.27. The molecule has 4 rings (SSSR count). The van der Waals surface area contributed by atoms with Gasteiger partial charge in [0.25, 0.3) is 0 Å². The van der Waals surface area contributed by atoms with Crippen molar-refractivity contribution in [3.63, 3.8) is 0 Å². The number of nitrogens with zero attached hydrogens (tertiary/aromatic N) is 5. The number of imidazole rings is 1. The van der Waals surface area contributed by atoms with E-state index in [1.54, 1.807) is 19.4 Å². The Kier molecular flexibility index (Phi) is 11.0. The van der Waals surface area contributed by atoms with Crippen molar-refractivity contribution in [3.8, 4) is 17.2 Å². The van der Waals surface area contributed by atoms with Crippen LogP contribution in [0.3, 0.4) is 0 Å². The van der Waals surface area contributed by atoms with Crippen LogP contribution in [0.4, 0.5) is 16.4 Å². The second kappa shape index (κ2) is 15.0. The van der Waals surface area contributed by atoms with E-state index in [1.165, 1.54) is 0 Å². The van der Waals surface area contributed by atoms with E-state index in [0.717, 1.165) is 17.1 Å². The molecule has 0 aliphatic carbocycles. The zero-order chi connectivity index (χ0) is 31.5. The van der Waals surface area contributed by atoms with Crippen molar-refractivity contribution in [2.24, 2.45) is 0 Å². The van der Waals surface area contributed by atoms with Gasteiger partial charge in [-0.1, -0.05) is 0 Å². The number of ether oxygens (including phenoxy) is 4. The monoisotopic (exact) mass is 604 g/mol. The van der Waals surface area contributed by atoms with E-state index >= 15 is 0 Å². The highest BCUT2D eigenvalue weighted by atomic mass is 16.6. The number of carbonyl (C=O) groups excluding carboxylic acids is 2. The molecule has 0 saturated heterocycles. The van der Waals surface area contributed by atoms with Crippen LogP contribution in [-0.2, 0) is 14.3 Å². The molecule has 12 heteroatoms. The van der Waals surface area contributed by atoms with Crippen LogP contribution in [0.2, 0.25) is 0 Å². The number of alkyl carbamates (subject to hydrolysis) is 1. The SMILES string of the molecule is CCOC(=O)CCCOc1ccc(-n2cnc3cnc(N(C)c4ccc(OCCCNC(=O)OC(C)(C)C)cc4)nc32)cc1. The maximum atomic E-state index is 11.7. The summed E-state index contributed by atoms with van der Waals surface area (Å²) < 4.78 is 23.6. The minimum Gasteiger partial charge on any atom is -0.494 e. The highest BCUT2D eigenvalue weighted by Gasteiger charge is 2.16. The average Bonchev–Trinajstić information content (AvgIpc) is 3.42. The third-order valence-corrected chi connectivity index (χ3v) is 6.27. The lowest BCUT2D eigenvalue weighted by atomic mass is 10.2. The number of hydrogen-bond donors (Lipinski definition) is 1. The zero-order valence-electron chi connectivity index (χ0n) is 25.9. The minimum absolute atomic E-state index is 0.213. The summed E-state index contributed by atoms with van der Waals surface area (Å²) in [6.07, 6.45) is 4.55. The van der Waals surface area contributed by atoms with Gasteiger partial charge < -0.3 is 29.2 Å². The van der Waals surface area contributed by atoms with E-state index in [4.69, 9.17) is 23.9 Å². The van der Waals surface area contributed by atoms with Crippen molar-refractivity contribution in [1.82, 2.24) is 24.8 Å². The molecule has 12 nitrogen and oxygen atoms in total. The molecule has 0 saturated carbocycles. The number of esters is 1. The van der Waals surface area contributed by atoms with E-state index in [0.29, 0.717) is 68.5 Å². The van der Waals surface area contributed by atoms with E-state index in [1.807, 2.05) is 85.8 Å². The van der Waals surface area contributed by atoms with E-state index < -0.39 is 11.7 Å². The number of benzene rings is 2. The minimum atomic E-state index is -0.523. The summed E-state index contributed by atoms with van der Waals surface area (Å²) in [7, 11) is 1.90. The van der Waals surface area contributed by atoms with Crippen LogP contribution >= 0.6 is 0 Å². The number of anilines is 2. The van der Waals surface area contributed by atoms with Crippen LogP contribution < -0.4 is 19.7 Å². The van der Waals surface area contributed by atoms with Crippen molar-refractivity contribution < 1.29 is 28.5 Å². The predicted octanol–water partition coefficient (Wildman–Crippen LogP) is 5.60. The molecule has 0 aliphatic heterocycles. The van der Waals surface area contributed by atoms with Gasteiger partial charge in [0.15, 0.2) is 5.65 Å². The molecule has 1 N–H and O–H groups in total. The Bertz CT molecular complexity index is 1520. The number of rotatable bonds is 14. The van der Waals surface area contributed by atoms with Gasteiger partial charge >= 0.3 is 12.1 Å². The summed E-state index contributed by atoms with van der Waals surface area (Å²) in [5.74, 6) is 1.74. The van der Waals surface area contributed by atoms with E-state index in [-0.39, 0.29) is 5.97 Å². The van der Waals surface area contributed by atoms with Gasteiger partial charge in [-0.25, -0.2) is 14.8 Å². The Labute approximate surface area is 257 Å². The molecule has 2 aromatic heterocycles. The molecule has 0 spiro atoms. The molecule has 0 fully saturated rings. The van der Waals surface area contributed by atoms with Crippen LogP contribution in [0.1, 0.15) is 47.0 Å². The van der Waals surface area contributed by atoms with Gasteiger partial charge in [0, 0.05) is 31.4 Å². The van der Waals surface area contributed by atoms with Crippen LogP contribution in [0.5, 0.6) is 11.5 Å². The lowest BCUT2D eigenvalue weighted by Gasteiger charge is -2.19. The third kappa shape index (κ3) is 9.32. The highest BCUT2D eigenvalue weighted by molar-refractivity contribution is 5.74. The quantitative estimate of drug-likeness (QED) is 0.143. The average molecular weight is 605 g/mol. The van der Waals surface area contributed by atoms with Crippen molar-refractivity contribution in [1.29, 1.82) is 0 Å². The Hall–Kier alpha value is -4.87. The molecule has 0 bridgehead atoms. The summed E-state index contributed by atoms with van der Waals surface area (Å²) in [6, 6.07) is 15.3. The molecule has 0 aliphatic rings. The maximum Gasteiger partial charge on any atom is 0.407 e. The van der Waals surface area contributed by atoms with Gasteiger partial charge in [0.1, 0.15) is 28.9 Å². The second-order valence-corrected chi connectivity index (χ2v) is 10.9. The van der Waals surface area contributed by atoms with Gasteiger partial charge in [-0.3, -0.25) is 9.36 Å². The number of hydrogen-bond acceptors (Lipinski definition) is 10. The smallest absolute Gasteiger partial charge is 0.407 e. The molecule has 2 heterocycles. The standard InChI is InChI=1S/C32H40N6O6/c1-6-41-28(39)9-7-19-42-26-16-12-24(13-17-26)38-22-35-27-21-34-30(36-29(27)38)37(5)23-10-14-25(15-11-23)43-20-8-18-33-31(40)44-32(2,3)4/h10-17,21-22H,6-9,18-20H2,1-5H3,(H,33,40). The first-order valence-electron chi connectivity index (χ1n) is 14.7. The molecule has 0 radical (unpaired) electrons. The number of amides is 1. The summed E-state index contributed by atoms with van der Waals surface area (Å²) in [5, 5.41) is 2.72. The van der Waals surface area contributed by atoms with Gasteiger partial charge in [0.05, 0.1) is 26.0 Å². The summed E-state index contributed by atoms with van der Waals surface area (Å²) >= 11 is 0. The van der Waals surface area contributed by atoms with Crippen LogP contribution in [0.15, 0.2) is 61.1 Å². The first kappa shape index (κ1) is 32.1. The highest BCUT2D eigenvalue weighted by Crippen LogP contribution is 2.26. The maximum absolute atomic E-state index is 11.7. The summed E-state index contributed by atoms with van der Waals surface area (Å²) in [4.78, 5) is 38.9. The fraction of sp³-hybridized carbons (Fsp3) is 0.406. The molecule has 234 valence electrons. The topological polar surface area (TPSA) is 130 Å². The van der Waals surface area contributed by atoms with Crippen molar-refractivity contribution >= 4 is 34.9 Å². The van der Waals surface area contributed by atoms with Gasteiger partial charge in [0.2, 0.25) is 5.95 Å². The van der Waals surface area contributed by atoms with E-state index in [2.05, 4.69) is 15.3 Å². The van der Waals surface area contributed by atoms with E-state index in [9.17, 15) is 9.59 Å². The van der Waals surface area contributed by atoms with Gasteiger partial charge in [-0.2, -0.15) is 4.98 Å². The number of aromatic nitrogens is 4. The number of fused-ring (bicyclic) bond motifs is 1. The van der Waals surface area contributed by atoms with Crippen molar-refractivity contribution in [2.75, 3.05) is 38.3 Å². The van der Waals surface area contributed by atoms with Gasteiger partial charge in [-0.05, 0) is 89.1 Å². The normalized spacial score (nSPS) is 11.2. The Balaban J connectivity index is 1.31. The first-order valence-corrected chi connectivity index (χ1v) is 14.7. The Morgan fingerprint density at radius 3 is 2.25 bits per heavy atom. The number of carbonyl (C=O) groups is 2. The fourth-order valence-electron chi connectivity index (χ4n) is 4.14. The molecule has 2 aromatic carbocycles. The molecule has 1 amide bonds. The largest absolute Gasteiger partial charge is 0.494 e. The van der Waals surface area contributed by atoms with Crippen LogP contribution in [0, 0.1) is 0 Å².